The number of para-hydroxylation sites is 2. The van der Waals surface area contributed by atoms with Crippen molar-refractivity contribution in [3.63, 3.8) is 0 Å². The molecule has 3 heterocycles. The van der Waals surface area contributed by atoms with Crippen molar-refractivity contribution < 1.29 is 0 Å². The summed E-state index contributed by atoms with van der Waals surface area (Å²) in [6.45, 7) is 4.40. The fourth-order valence-corrected chi connectivity index (χ4v) is 4.21. The molecule has 0 saturated carbocycles. The zero-order valence-corrected chi connectivity index (χ0v) is 17.5. The van der Waals surface area contributed by atoms with Crippen LogP contribution in [0.5, 0.6) is 0 Å². The molecule has 2 aromatic carbocycles. The van der Waals surface area contributed by atoms with Crippen LogP contribution in [0, 0.1) is 0 Å². The Balaban J connectivity index is 1.76. The van der Waals surface area contributed by atoms with Gasteiger partial charge in [-0.25, -0.2) is 9.97 Å². The van der Waals surface area contributed by atoms with Gasteiger partial charge in [0.1, 0.15) is 0 Å². The molecule has 0 aliphatic heterocycles. The summed E-state index contributed by atoms with van der Waals surface area (Å²) in [5, 5.41) is 2.44. The van der Waals surface area contributed by atoms with Crippen molar-refractivity contribution in [2.75, 3.05) is 0 Å². The molecule has 0 saturated heterocycles. The van der Waals surface area contributed by atoms with E-state index in [1.807, 2.05) is 0 Å². The van der Waals surface area contributed by atoms with E-state index in [0.717, 1.165) is 48.7 Å². The number of fused-ring (bicyclic) bond motifs is 2. The maximum absolute atomic E-state index is 5.22. The normalized spacial score (nSPS) is 11.5. The van der Waals surface area contributed by atoms with Crippen LogP contribution in [0.15, 0.2) is 73.1 Å². The molecule has 5 rings (SSSR count). The molecule has 5 aromatic rings. The fourth-order valence-electron chi connectivity index (χ4n) is 4.21. The lowest BCUT2D eigenvalue weighted by atomic mass is 10.2. The summed E-state index contributed by atoms with van der Waals surface area (Å²) in [7, 11) is 0. The fraction of sp³-hybridized carbons (Fsp3) is 0.231. The van der Waals surface area contributed by atoms with Crippen LogP contribution in [-0.4, -0.2) is 19.1 Å². The van der Waals surface area contributed by atoms with Crippen LogP contribution < -0.4 is 0 Å². The number of aryl methyl sites for hydroxylation is 2. The van der Waals surface area contributed by atoms with Crippen molar-refractivity contribution in [3.05, 3.63) is 84.4 Å². The van der Waals surface area contributed by atoms with E-state index >= 15 is 0 Å². The Labute approximate surface area is 176 Å². The van der Waals surface area contributed by atoms with E-state index in [0.29, 0.717) is 0 Å². The highest BCUT2D eigenvalue weighted by molar-refractivity contribution is 5.83. The van der Waals surface area contributed by atoms with E-state index in [-0.39, 0.29) is 0 Å². The molecule has 0 radical (unpaired) electrons. The van der Waals surface area contributed by atoms with Crippen LogP contribution in [0.1, 0.15) is 38.1 Å². The first-order valence-electron chi connectivity index (χ1n) is 10.8. The van der Waals surface area contributed by atoms with Crippen molar-refractivity contribution in [3.8, 4) is 11.6 Å². The molecule has 0 N–H and O–H groups in total. The summed E-state index contributed by atoms with van der Waals surface area (Å²) in [5.41, 5.74) is 4.44. The average Bonchev–Trinajstić information content (AvgIpc) is 3.39. The molecule has 30 heavy (non-hydrogen) atoms. The number of hydrogen-bond acceptors (Lipinski definition) is 2. The highest BCUT2D eigenvalue weighted by Gasteiger charge is 2.18. The van der Waals surface area contributed by atoms with Crippen LogP contribution in [-0.2, 0) is 12.8 Å². The lowest BCUT2D eigenvalue weighted by Gasteiger charge is -2.17. The molecule has 0 atom stereocenters. The van der Waals surface area contributed by atoms with E-state index in [1.54, 1.807) is 0 Å². The van der Waals surface area contributed by atoms with Crippen LogP contribution >= 0.6 is 0 Å². The Morgan fingerprint density at radius 1 is 0.600 bits per heavy atom. The van der Waals surface area contributed by atoms with Gasteiger partial charge in [-0.1, -0.05) is 63.1 Å². The molecule has 4 heteroatoms. The minimum absolute atomic E-state index is 0.896. The summed E-state index contributed by atoms with van der Waals surface area (Å²) in [4.78, 5) is 10.4. The molecule has 0 aliphatic rings. The first-order chi connectivity index (χ1) is 14.8. The quantitative estimate of drug-likeness (QED) is 0.340. The summed E-state index contributed by atoms with van der Waals surface area (Å²) in [5.74, 6) is 1.92. The number of rotatable bonds is 6. The van der Waals surface area contributed by atoms with Crippen LogP contribution in [0.2, 0.25) is 0 Å². The molecule has 0 fully saturated rings. The van der Waals surface area contributed by atoms with Crippen molar-refractivity contribution in [1.29, 1.82) is 0 Å². The molecule has 150 valence electrons. The van der Waals surface area contributed by atoms with Gasteiger partial charge >= 0.3 is 0 Å². The molecular weight excluding hydrogens is 368 g/mol. The molecule has 3 aromatic heterocycles. The van der Waals surface area contributed by atoms with Crippen molar-refractivity contribution in [1.82, 2.24) is 19.1 Å². The van der Waals surface area contributed by atoms with E-state index in [9.17, 15) is 0 Å². The van der Waals surface area contributed by atoms with Gasteiger partial charge in [-0.3, -0.25) is 9.13 Å². The molecular formula is C26H26N4. The Bertz CT molecular complexity index is 1220. The zero-order valence-electron chi connectivity index (χ0n) is 17.5. The maximum Gasteiger partial charge on any atom is 0.159 e. The first-order valence-corrected chi connectivity index (χ1v) is 10.8. The number of nitrogens with zero attached hydrogens (tertiary/aromatic N) is 4. The Kier molecular flexibility index (Phi) is 4.83. The van der Waals surface area contributed by atoms with Crippen molar-refractivity contribution in [2.45, 2.75) is 39.5 Å². The van der Waals surface area contributed by atoms with Crippen molar-refractivity contribution >= 4 is 21.8 Å². The van der Waals surface area contributed by atoms with E-state index in [2.05, 4.69) is 96.0 Å². The average molecular weight is 395 g/mol. The second-order valence-corrected chi connectivity index (χ2v) is 7.75. The van der Waals surface area contributed by atoms with Gasteiger partial charge in [-0.15, -0.1) is 0 Å². The lowest BCUT2D eigenvalue weighted by molar-refractivity contribution is 0.783. The summed E-state index contributed by atoms with van der Waals surface area (Å²) in [6.07, 6.45) is 8.09. The van der Waals surface area contributed by atoms with E-state index in [4.69, 9.17) is 9.97 Å². The van der Waals surface area contributed by atoms with Gasteiger partial charge in [-0.05, 0) is 47.9 Å². The van der Waals surface area contributed by atoms with Gasteiger partial charge in [0.15, 0.2) is 11.6 Å². The third kappa shape index (κ3) is 3.09. The molecule has 0 spiro atoms. The Morgan fingerprint density at radius 2 is 1.03 bits per heavy atom. The predicted octanol–water partition coefficient (Wildman–Crippen LogP) is 6.27. The summed E-state index contributed by atoms with van der Waals surface area (Å²) in [6, 6.07) is 21.2. The lowest BCUT2D eigenvalue weighted by Crippen LogP contribution is -2.13. The van der Waals surface area contributed by atoms with E-state index < -0.39 is 0 Å². The first kappa shape index (κ1) is 18.6. The number of benzene rings is 2. The molecule has 0 bridgehead atoms. The van der Waals surface area contributed by atoms with Crippen LogP contribution in [0.3, 0.4) is 0 Å². The van der Waals surface area contributed by atoms with Gasteiger partial charge in [-0.2, -0.15) is 0 Å². The smallest absolute Gasteiger partial charge is 0.159 e. The highest BCUT2D eigenvalue weighted by Crippen LogP contribution is 2.27. The van der Waals surface area contributed by atoms with E-state index in [1.165, 1.54) is 21.8 Å². The Hall–Kier alpha value is -3.40. The molecule has 0 unspecified atom stereocenters. The zero-order chi connectivity index (χ0) is 20.5. The predicted molar refractivity (Wildman–Crippen MR) is 124 cm³/mol. The third-order valence-corrected chi connectivity index (χ3v) is 5.63. The minimum Gasteiger partial charge on any atom is -0.300 e. The molecule has 0 aliphatic carbocycles. The largest absolute Gasteiger partial charge is 0.300 e. The SMILES string of the molecule is CCCc1nc(-n2ccc3ccccc32)c(CCC)nc1-n1ccc2ccccc21. The van der Waals surface area contributed by atoms with Crippen LogP contribution in [0.25, 0.3) is 33.4 Å². The summed E-state index contributed by atoms with van der Waals surface area (Å²) < 4.78 is 4.40. The van der Waals surface area contributed by atoms with Gasteiger partial charge in [0.05, 0.1) is 22.4 Å². The number of hydrogen-bond donors (Lipinski definition) is 0. The second-order valence-electron chi connectivity index (χ2n) is 7.75. The van der Waals surface area contributed by atoms with Gasteiger partial charge in [0.2, 0.25) is 0 Å². The van der Waals surface area contributed by atoms with Crippen molar-refractivity contribution in [2.24, 2.45) is 0 Å². The van der Waals surface area contributed by atoms with Gasteiger partial charge in [0, 0.05) is 12.4 Å². The maximum atomic E-state index is 5.22. The molecule has 0 amide bonds. The third-order valence-electron chi connectivity index (χ3n) is 5.63. The highest BCUT2D eigenvalue weighted by atomic mass is 15.1. The second kappa shape index (κ2) is 7.79. The Morgan fingerprint density at radius 3 is 1.47 bits per heavy atom. The monoisotopic (exact) mass is 394 g/mol. The summed E-state index contributed by atoms with van der Waals surface area (Å²) >= 11 is 0. The minimum atomic E-state index is 0.896. The standard InChI is InChI=1S/C26H26N4/c1-3-9-21-25(29-17-15-19-11-5-7-13-23(19)29)28-22(10-4-2)26(27-21)30-18-16-20-12-6-8-14-24(20)30/h5-8,11-18H,3-4,9-10H2,1-2H3. The molecule has 4 nitrogen and oxygen atoms in total. The van der Waals surface area contributed by atoms with Crippen LogP contribution in [0.4, 0.5) is 0 Å². The number of aromatic nitrogens is 4. The van der Waals surface area contributed by atoms with Gasteiger partial charge < -0.3 is 0 Å². The van der Waals surface area contributed by atoms with Gasteiger partial charge in [0.25, 0.3) is 0 Å². The topological polar surface area (TPSA) is 35.6 Å².